The first-order valence-corrected chi connectivity index (χ1v) is 7.18. The first-order valence-electron chi connectivity index (χ1n) is 7.18. The van der Waals surface area contributed by atoms with E-state index in [0.717, 1.165) is 37.8 Å². The molecule has 1 aliphatic carbocycles. The molecule has 2 fully saturated rings. The average Bonchev–Trinajstić information content (AvgIpc) is 3.31. The van der Waals surface area contributed by atoms with Crippen LogP contribution < -0.4 is 10.6 Å². The lowest BCUT2D eigenvalue weighted by molar-refractivity contribution is 0.248. The van der Waals surface area contributed by atoms with Gasteiger partial charge in [-0.25, -0.2) is 0 Å². The van der Waals surface area contributed by atoms with Crippen molar-refractivity contribution in [2.75, 3.05) is 37.6 Å². The smallest absolute Gasteiger partial charge is 0.190 e. The van der Waals surface area contributed by atoms with Crippen molar-refractivity contribution in [1.82, 2.24) is 9.88 Å². The molecule has 0 amide bonds. The summed E-state index contributed by atoms with van der Waals surface area (Å²) in [5.41, 5.74) is 7.22. The molecule has 6 nitrogen and oxygen atoms in total. The highest BCUT2D eigenvalue weighted by atomic mass is 16.4. The van der Waals surface area contributed by atoms with E-state index in [1.165, 1.54) is 19.4 Å². The van der Waals surface area contributed by atoms with Crippen molar-refractivity contribution in [2.45, 2.75) is 12.8 Å². The van der Waals surface area contributed by atoms with Gasteiger partial charge in [0.05, 0.1) is 5.69 Å². The number of nitrogens with zero attached hydrogens (tertiary/aromatic N) is 4. The molecule has 2 aliphatic rings. The summed E-state index contributed by atoms with van der Waals surface area (Å²) >= 11 is 0. The molecule has 1 aliphatic heterocycles. The summed E-state index contributed by atoms with van der Waals surface area (Å²) < 4.78 is 0. The van der Waals surface area contributed by atoms with Crippen LogP contribution in [0.2, 0.25) is 0 Å². The third-order valence-electron chi connectivity index (χ3n) is 4.06. The second-order valence-corrected chi connectivity index (χ2v) is 5.59. The van der Waals surface area contributed by atoms with E-state index >= 15 is 0 Å². The zero-order chi connectivity index (χ0) is 13.9. The van der Waals surface area contributed by atoms with Crippen LogP contribution in [0.1, 0.15) is 18.5 Å². The van der Waals surface area contributed by atoms with E-state index in [2.05, 4.69) is 19.9 Å². The Bertz CT molecular complexity index is 492. The summed E-state index contributed by atoms with van der Waals surface area (Å²) in [5.74, 6) is 1.01. The number of rotatable bonds is 4. The first-order chi connectivity index (χ1) is 9.78. The average molecular weight is 275 g/mol. The molecule has 3 N–H and O–H groups in total. The monoisotopic (exact) mass is 275 g/mol. The molecule has 0 spiro atoms. The van der Waals surface area contributed by atoms with Crippen LogP contribution in [0.3, 0.4) is 0 Å². The van der Waals surface area contributed by atoms with Gasteiger partial charge in [-0.15, -0.1) is 0 Å². The van der Waals surface area contributed by atoms with Crippen LogP contribution in [0.4, 0.5) is 5.69 Å². The van der Waals surface area contributed by atoms with Crippen LogP contribution in [0.15, 0.2) is 23.5 Å². The predicted molar refractivity (Wildman–Crippen MR) is 78.1 cm³/mol. The lowest BCUT2D eigenvalue weighted by Gasteiger charge is -2.36. The van der Waals surface area contributed by atoms with Crippen molar-refractivity contribution >= 4 is 11.5 Å². The molecule has 108 valence electrons. The molecule has 6 heteroatoms. The van der Waals surface area contributed by atoms with Crippen molar-refractivity contribution in [3.8, 4) is 0 Å². The second-order valence-electron chi connectivity index (χ2n) is 5.59. The Morgan fingerprint density at radius 1 is 1.35 bits per heavy atom. The molecular weight excluding hydrogens is 254 g/mol. The SMILES string of the molecule is N/C(=N/O)c1ncccc1N1CCN(CC2CC2)CC1. The van der Waals surface area contributed by atoms with Crippen LogP contribution in [0.25, 0.3) is 0 Å². The van der Waals surface area contributed by atoms with E-state index in [4.69, 9.17) is 10.9 Å². The number of hydrogen-bond acceptors (Lipinski definition) is 5. The zero-order valence-electron chi connectivity index (χ0n) is 11.6. The van der Waals surface area contributed by atoms with E-state index < -0.39 is 0 Å². The highest BCUT2D eigenvalue weighted by Gasteiger charge is 2.27. The minimum Gasteiger partial charge on any atom is -0.409 e. The second kappa shape index (κ2) is 5.66. The van der Waals surface area contributed by atoms with E-state index in [1.54, 1.807) is 6.20 Å². The van der Waals surface area contributed by atoms with Crippen LogP contribution in [0.5, 0.6) is 0 Å². The molecular formula is C14H21N5O. The summed E-state index contributed by atoms with van der Waals surface area (Å²) in [7, 11) is 0. The van der Waals surface area contributed by atoms with E-state index in [-0.39, 0.29) is 5.84 Å². The van der Waals surface area contributed by atoms with Crippen molar-refractivity contribution in [2.24, 2.45) is 16.8 Å². The third-order valence-corrected chi connectivity index (χ3v) is 4.06. The quantitative estimate of drug-likeness (QED) is 0.366. The molecule has 0 radical (unpaired) electrons. The molecule has 20 heavy (non-hydrogen) atoms. The lowest BCUT2D eigenvalue weighted by Crippen LogP contribution is -2.47. The number of hydrogen-bond donors (Lipinski definition) is 2. The standard InChI is InChI=1S/C14H21N5O/c15-14(17-20)13-12(2-1-5-16-13)19-8-6-18(7-9-19)10-11-3-4-11/h1-2,5,11,20H,3-4,6-10H2,(H2,15,17). The molecule has 1 saturated carbocycles. The summed E-state index contributed by atoms with van der Waals surface area (Å²) in [5, 5.41) is 11.9. The maximum atomic E-state index is 8.86. The van der Waals surface area contributed by atoms with Gasteiger partial charge in [0, 0.05) is 38.9 Å². The van der Waals surface area contributed by atoms with Crippen LogP contribution >= 0.6 is 0 Å². The van der Waals surface area contributed by atoms with Gasteiger partial charge in [0.15, 0.2) is 5.84 Å². The zero-order valence-corrected chi connectivity index (χ0v) is 11.6. The highest BCUT2D eigenvalue weighted by Crippen LogP contribution is 2.30. The Kier molecular flexibility index (Phi) is 3.73. The van der Waals surface area contributed by atoms with E-state index in [0.29, 0.717) is 5.69 Å². The van der Waals surface area contributed by atoms with Crippen molar-refractivity contribution in [3.05, 3.63) is 24.0 Å². The molecule has 1 aromatic rings. The number of pyridine rings is 1. The van der Waals surface area contributed by atoms with Gasteiger partial charge in [0.1, 0.15) is 5.69 Å². The van der Waals surface area contributed by atoms with Gasteiger partial charge in [0.25, 0.3) is 0 Å². The normalized spacial score (nSPS) is 21.2. The Morgan fingerprint density at radius 3 is 2.75 bits per heavy atom. The maximum absolute atomic E-state index is 8.86. The summed E-state index contributed by atoms with van der Waals surface area (Å²) in [6.07, 6.45) is 4.47. The van der Waals surface area contributed by atoms with E-state index in [9.17, 15) is 0 Å². The van der Waals surface area contributed by atoms with Crippen molar-refractivity contribution < 1.29 is 5.21 Å². The van der Waals surface area contributed by atoms with Crippen LogP contribution in [0, 0.1) is 5.92 Å². The van der Waals surface area contributed by atoms with Crippen molar-refractivity contribution in [1.29, 1.82) is 0 Å². The number of nitrogens with two attached hydrogens (primary N) is 1. The lowest BCUT2D eigenvalue weighted by atomic mass is 10.2. The third kappa shape index (κ3) is 2.85. The number of amidine groups is 1. The Balaban J connectivity index is 1.68. The van der Waals surface area contributed by atoms with E-state index in [1.807, 2.05) is 12.1 Å². The topological polar surface area (TPSA) is 78.0 Å². The molecule has 2 heterocycles. The molecule has 0 bridgehead atoms. The molecule has 0 unspecified atom stereocenters. The number of aromatic nitrogens is 1. The first kappa shape index (κ1) is 13.2. The number of oxime groups is 1. The molecule has 0 atom stereocenters. The van der Waals surface area contributed by atoms with Crippen LogP contribution in [-0.4, -0.2) is 53.7 Å². The number of piperazine rings is 1. The summed E-state index contributed by atoms with van der Waals surface area (Å²) in [6.45, 7) is 5.31. The van der Waals surface area contributed by atoms with Gasteiger partial charge >= 0.3 is 0 Å². The van der Waals surface area contributed by atoms with Crippen LogP contribution in [-0.2, 0) is 0 Å². The highest BCUT2D eigenvalue weighted by molar-refractivity contribution is 6.00. The molecule has 3 rings (SSSR count). The fourth-order valence-electron chi connectivity index (χ4n) is 2.73. The Morgan fingerprint density at radius 2 is 2.10 bits per heavy atom. The van der Waals surface area contributed by atoms with Gasteiger partial charge in [-0.3, -0.25) is 9.88 Å². The van der Waals surface area contributed by atoms with Gasteiger partial charge in [-0.05, 0) is 30.9 Å². The molecule has 1 aromatic heterocycles. The van der Waals surface area contributed by atoms with Gasteiger partial charge in [-0.1, -0.05) is 5.16 Å². The maximum Gasteiger partial charge on any atom is 0.190 e. The minimum absolute atomic E-state index is 0.0704. The molecule has 0 aromatic carbocycles. The fourth-order valence-corrected chi connectivity index (χ4v) is 2.73. The van der Waals surface area contributed by atoms with Gasteiger partial charge in [-0.2, -0.15) is 0 Å². The number of anilines is 1. The summed E-state index contributed by atoms with van der Waals surface area (Å²) in [4.78, 5) is 9.03. The van der Waals surface area contributed by atoms with Crippen molar-refractivity contribution in [3.63, 3.8) is 0 Å². The fraction of sp³-hybridized carbons (Fsp3) is 0.571. The molecule has 1 saturated heterocycles. The summed E-state index contributed by atoms with van der Waals surface area (Å²) in [6, 6.07) is 3.87. The predicted octanol–water partition coefficient (Wildman–Crippen LogP) is 0.708. The minimum atomic E-state index is 0.0704. The van der Waals surface area contributed by atoms with Gasteiger partial charge in [0.2, 0.25) is 0 Å². The Hall–Kier alpha value is -1.82. The Labute approximate surface area is 118 Å². The largest absolute Gasteiger partial charge is 0.409 e. The van der Waals surface area contributed by atoms with Gasteiger partial charge < -0.3 is 15.8 Å².